The molecule has 0 aromatic heterocycles. The molecule has 0 aromatic rings. The summed E-state index contributed by atoms with van der Waals surface area (Å²) < 4.78 is 13.7. The molecule has 0 amide bonds. The van der Waals surface area contributed by atoms with E-state index in [0.717, 1.165) is 49.1 Å². The Morgan fingerprint density at radius 1 is 1.00 bits per heavy atom. The maximum Gasteiger partial charge on any atom is 0.193 e. The van der Waals surface area contributed by atoms with Gasteiger partial charge in [0.1, 0.15) is 5.60 Å². The molecule has 1 fully saturated rings. The van der Waals surface area contributed by atoms with Crippen molar-refractivity contribution in [1.29, 1.82) is 0 Å². The third-order valence-electron chi connectivity index (χ3n) is 7.09. The Morgan fingerprint density at radius 2 is 1.52 bits per heavy atom. The number of hydrogen-bond acceptors (Lipinski definition) is 3. The first-order chi connectivity index (χ1) is 12.8. The number of Topliss-reactive ketones (excluding diaryl/α,β-unsaturated/α-hetero) is 1. The summed E-state index contributed by atoms with van der Waals surface area (Å²) >= 11 is 0. The molecule has 2 atom stereocenters. The Hall–Kier alpha value is -0.416. The highest BCUT2D eigenvalue weighted by Gasteiger charge is 2.50. The monoisotopic (exact) mass is 410 g/mol. The van der Waals surface area contributed by atoms with Crippen molar-refractivity contribution in [2.24, 2.45) is 0 Å². The lowest BCUT2D eigenvalue weighted by atomic mass is 9.92. The third kappa shape index (κ3) is 5.79. The molecule has 0 heterocycles. The van der Waals surface area contributed by atoms with Gasteiger partial charge in [-0.1, -0.05) is 41.5 Å². The second-order valence-electron chi connectivity index (χ2n) is 8.21. The van der Waals surface area contributed by atoms with Gasteiger partial charge in [-0.25, -0.2) is 0 Å². The summed E-state index contributed by atoms with van der Waals surface area (Å²) in [6, 6.07) is 6.48. The quantitative estimate of drug-likeness (QED) is 0.264. The maximum absolute atomic E-state index is 13.0. The molecule has 0 unspecified atom stereocenters. The summed E-state index contributed by atoms with van der Waals surface area (Å²) in [6.07, 6.45) is 9.28. The van der Waals surface area contributed by atoms with Gasteiger partial charge in [-0.15, -0.1) is 12.3 Å². The summed E-state index contributed by atoms with van der Waals surface area (Å²) in [5, 5.41) is 0. The molecule has 0 spiro atoms. The van der Waals surface area contributed by atoms with E-state index >= 15 is 0 Å². The van der Waals surface area contributed by atoms with Crippen molar-refractivity contribution in [1.82, 2.24) is 0 Å². The smallest absolute Gasteiger partial charge is 0.193 e. The lowest BCUT2D eigenvalue weighted by molar-refractivity contribution is -0.134. The van der Waals surface area contributed by atoms with E-state index in [1.807, 2.05) is 0 Å². The number of carbonyl (C=O) groups is 1. The Labute approximate surface area is 170 Å². The van der Waals surface area contributed by atoms with E-state index in [0.29, 0.717) is 19.3 Å². The van der Waals surface area contributed by atoms with Gasteiger partial charge in [0.05, 0.1) is 6.10 Å². The molecule has 0 N–H and O–H groups in total. The van der Waals surface area contributed by atoms with Gasteiger partial charge in [0.15, 0.2) is 22.4 Å². The van der Waals surface area contributed by atoms with Gasteiger partial charge >= 0.3 is 0 Å². The normalized spacial score (nSPS) is 22.0. The van der Waals surface area contributed by atoms with Crippen LogP contribution in [0.1, 0.15) is 73.6 Å². The fraction of sp³-hybridized carbons (Fsp3) is 0.864. The van der Waals surface area contributed by atoms with Crippen molar-refractivity contribution >= 4 is 22.4 Å². The van der Waals surface area contributed by atoms with E-state index in [1.54, 1.807) is 0 Å². The van der Waals surface area contributed by atoms with Crippen molar-refractivity contribution < 1.29 is 13.6 Å². The average Bonchev–Trinajstić information content (AvgIpc) is 3.04. The predicted molar refractivity (Wildman–Crippen MR) is 120 cm³/mol. The van der Waals surface area contributed by atoms with E-state index in [2.05, 4.69) is 47.5 Å². The predicted octanol–water partition coefficient (Wildman–Crippen LogP) is 6.30. The van der Waals surface area contributed by atoms with E-state index < -0.39 is 22.2 Å². The minimum atomic E-state index is -1.89. The first kappa shape index (κ1) is 24.6. The lowest BCUT2D eigenvalue weighted by Gasteiger charge is -2.42. The van der Waals surface area contributed by atoms with Gasteiger partial charge in [0.25, 0.3) is 0 Å². The standard InChI is InChI=1S/C22H42O3Si2/c1-8-16-20(24-26(9-2,10-3)11-4)19-22(18-15-17-21(22)23)25-27(12-5,13-6)14-7/h1,20H,9-19H2,2-7H3/t20-,22+/m0/s1. The SMILES string of the molecule is C#CC[C@@H](C[C@]1(O[Si](CC)(CC)CC)CCCC1=O)O[Si](CC)(CC)CC. The van der Waals surface area contributed by atoms with Crippen LogP contribution in [0.15, 0.2) is 0 Å². The van der Waals surface area contributed by atoms with E-state index in [4.69, 9.17) is 15.3 Å². The highest BCUT2D eigenvalue weighted by atomic mass is 28.4. The molecule has 0 saturated heterocycles. The lowest BCUT2D eigenvalue weighted by Crippen LogP contribution is -2.52. The Balaban J connectivity index is 3.15. The molecule has 1 aliphatic rings. The molecule has 0 radical (unpaired) electrons. The molecule has 3 nitrogen and oxygen atoms in total. The van der Waals surface area contributed by atoms with Crippen LogP contribution in [0.4, 0.5) is 0 Å². The van der Waals surface area contributed by atoms with Crippen LogP contribution in [0.25, 0.3) is 0 Å². The molecule has 0 aliphatic heterocycles. The second-order valence-corrected chi connectivity index (χ2v) is 17.6. The molecular weight excluding hydrogens is 368 g/mol. The van der Waals surface area contributed by atoms with Crippen LogP contribution in [0.5, 0.6) is 0 Å². The van der Waals surface area contributed by atoms with E-state index in [1.165, 1.54) is 0 Å². The number of rotatable bonds is 13. The van der Waals surface area contributed by atoms with Gasteiger partial charge in [0, 0.05) is 19.3 Å². The first-order valence-corrected chi connectivity index (χ1v) is 16.2. The Morgan fingerprint density at radius 3 is 1.89 bits per heavy atom. The fourth-order valence-corrected chi connectivity index (χ4v) is 10.6. The van der Waals surface area contributed by atoms with Gasteiger partial charge in [-0.3, -0.25) is 4.79 Å². The van der Waals surface area contributed by atoms with Crippen LogP contribution in [0.3, 0.4) is 0 Å². The fourth-order valence-electron chi connectivity index (χ4n) is 4.66. The zero-order valence-corrected chi connectivity index (χ0v) is 20.7. The van der Waals surface area contributed by atoms with Crippen molar-refractivity contribution in [3.63, 3.8) is 0 Å². The molecule has 27 heavy (non-hydrogen) atoms. The van der Waals surface area contributed by atoms with Crippen molar-refractivity contribution in [2.45, 2.75) is 122 Å². The van der Waals surface area contributed by atoms with Gasteiger partial charge in [-0.2, -0.15) is 0 Å². The number of ketones is 1. The van der Waals surface area contributed by atoms with Gasteiger partial charge < -0.3 is 8.85 Å². The third-order valence-corrected chi connectivity index (χ3v) is 16.5. The van der Waals surface area contributed by atoms with Crippen LogP contribution >= 0.6 is 0 Å². The zero-order valence-electron chi connectivity index (χ0n) is 18.7. The maximum atomic E-state index is 13.0. The summed E-state index contributed by atoms with van der Waals surface area (Å²) in [5.41, 5.74) is -0.648. The summed E-state index contributed by atoms with van der Waals surface area (Å²) in [5.74, 6) is 3.10. The van der Waals surface area contributed by atoms with E-state index in [9.17, 15) is 4.79 Å². The molecular formula is C22H42O3Si2. The van der Waals surface area contributed by atoms with Gasteiger partial charge in [0.2, 0.25) is 0 Å². The van der Waals surface area contributed by atoms with Crippen LogP contribution in [0.2, 0.25) is 36.3 Å². The van der Waals surface area contributed by atoms with Gasteiger partial charge in [-0.05, 0) is 49.1 Å². The molecule has 1 rings (SSSR count). The Kier molecular flexibility index (Phi) is 9.98. The van der Waals surface area contributed by atoms with E-state index in [-0.39, 0.29) is 11.9 Å². The molecule has 5 heteroatoms. The van der Waals surface area contributed by atoms with Crippen LogP contribution < -0.4 is 0 Å². The summed E-state index contributed by atoms with van der Waals surface area (Å²) in [7, 11) is -3.67. The number of carbonyl (C=O) groups excluding carboxylic acids is 1. The minimum Gasteiger partial charge on any atom is -0.413 e. The van der Waals surface area contributed by atoms with Crippen LogP contribution in [-0.4, -0.2) is 34.1 Å². The second kappa shape index (κ2) is 10.9. The molecule has 156 valence electrons. The molecule has 0 aromatic carbocycles. The summed E-state index contributed by atoms with van der Waals surface area (Å²) in [4.78, 5) is 13.0. The number of hydrogen-bond donors (Lipinski definition) is 0. The average molecular weight is 411 g/mol. The number of terminal acetylenes is 1. The highest BCUT2D eigenvalue weighted by Crippen LogP contribution is 2.41. The topological polar surface area (TPSA) is 35.5 Å². The molecule has 1 aliphatic carbocycles. The first-order valence-electron chi connectivity index (χ1n) is 11.2. The molecule has 1 saturated carbocycles. The van der Waals surface area contributed by atoms with Crippen LogP contribution in [0, 0.1) is 12.3 Å². The zero-order chi connectivity index (χ0) is 20.6. The van der Waals surface area contributed by atoms with Crippen molar-refractivity contribution in [3.8, 4) is 12.3 Å². The summed E-state index contributed by atoms with van der Waals surface area (Å²) in [6.45, 7) is 13.4. The highest BCUT2D eigenvalue weighted by molar-refractivity contribution is 6.74. The molecule has 0 bridgehead atoms. The van der Waals surface area contributed by atoms with Crippen LogP contribution in [-0.2, 0) is 13.6 Å². The van der Waals surface area contributed by atoms with Crippen molar-refractivity contribution in [3.05, 3.63) is 0 Å². The minimum absolute atomic E-state index is 0.0548. The van der Waals surface area contributed by atoms with Crippen molar-refractivity contribution in [2.75, 3.05) is 0 Å². The Bertz CT molecular complexity index is 490. The largest absolute Gasteiger partial charge is 0.413 e.